The van der Waals surface area contributed by atoms with E-state index in [1.165, 1.54) is 11.3 Å². The number of hydrogen-bond donors (Lipinski definition) is 2. The van der Waals surface area contributed by atoms with Crippen LogP contribution in [0.25, 0.3) is 0 Å². The molecule has 2 N–H and O–H groups in total. The van der Waals surface area contributed by atoms with Gasteiger partial charge in [0.25, 0.3) is 5.91 Å². The van der Waals surface area contributed by atoms with Crippen molar-refractivity contribution < 1.29 is 14.3 Å². The first-order chi connectivity index (χ1) is 12.2. The van der Waals surface area contributed by atoms with Crippen LogP contribution in [0.5, 0.6) is 11.5 Å². The van der Waals surface area contributed by atoms with E-state index in [2.05, 4.69) is 15.6 Å². The molecular weight excluding hydrogens is 362 g/mol. The molecule has 0 saturated heterocycles. The van der Waals surface area contributed by atoms with Crippen molar-refractivity contribution in [1.82, 2.24) is 4.98 Å². The van der Waals surface area contributed by atoms with Gasteiger partial charge in [0.05, 0.1) is 10.7 Å². The van der Waals surface area contributed by atoms with E-state index in [4.69, 9.17) is 21.1 Å². The number of amides is 1. The van der Waals surface area contributed by atoms with Crippen LogP contribution in [0.1, 0.15) is 10.5 Å². The van der Waals surface area contributed by atoms with Gasteiger partial charge in [0.15, 0.2) is 16.6 Å². The Balaban J connectivity index is 1.46. The number of nitrogens with one attached hydrogen (secondary N) is 2. The number of ether oxygens (including phenoxy) is 2. The number of para-hydroxylation sites is 1. The Labute approximate surface area is 152 Å². The highest BCUT2D eigenvalue weighted by Gasteiger charge is 2.15. The van der Waals surface area contributed by atoms with Gasteiger partial charge in [-0.05, 0) is 24.3 Å². The van der Waals surface area contributed by atoms with Crippen molar-refractivity contribution in [2.24, 2.45) is 0 Å². The third-order valence-electron chi connectivity index (χ3n) is 3.48. The second-order valence-corrected chi connectivity index (χ2v) is 6.43. The zero-order valence-electron chi connectivity index (χ0n) is 12.8. The molecule has 8 heteroatoms. The molecule has 1 aromatic heterocycles. The summed E-state index contributed by atoms with van der Waals surface area (Å²) in [5, 5.41) is 8.66. The fourth-order valence-electron chi connectivity index (χ4n) is 2.28. The van der Waals surface area contributed by atoms with E-state index < -0.39 is 0 Å². The van der Waals surface area contributed by atoms with Crippen LogP contribution >= 0.6 is 22.9 Å². The molecular formula is C17H12ClN3O3S. The van der Waals surface area contributed by atoms with Crippen molar-refractivity contribution in [2.45, 2.75) is 0 Å². The molecule has 6 nitrogen and oxygen atoms in total. The summed E-state index contributed by atoms with van der Waals surface area (Å²) in [6, 6.07) is 12.6. The Hall–Kier alpha value is -2.77. The lowest BCUT2D eigenvalue weighted by Crippen LogP contribution is -2.12. The largest absolute Gasteiger partial charge is 0.454 e. The molecule has 0 radical (unpaired) electrons. The van der Waals surface area contributed by atoms with Gasteiger partial charge in [-0.1, -0.05) is 23.7 Å². The minimum atomic E-state index is -0.317. The number of carbonyl (C=O) groups is 1. The maximum Gasteiger partial charge on any atom is 0.275 e. The zero-order valence-corrected chi connectivity index (χ0v) is 14.4. The van der Waals surface area contributed by atoms with Crippen LogP contribution in [-0.4, -0.2) is 17.7 Å². The number of hydrogen-bond acceptors (Lipinski definition) is 6. The van der Waals surface area contributed by atoms with E-state index in [0.717, 1.165) is 5.69 Å². The van der Waals surface area contributed by atoms with Crippen LogP contribution in [0.3, 0.4) is 0 Å². The number of anilines is 3. The molecule has 1 aliphatic rings. The number of carbonyl (C=O) groups excluding carboxylic acids is 1. The number of benzene rings is 2. The van der Waals surface area contributed by atoms with Gasteiger partial charge in [0, 0.05) is 17.1 Å². The molecule has 25 heavy (non-hydrogen) atoms. The van der Waals surface area contributed by atoms with E-state index in [0.29, 0.717) is 33.0 Å². The Morgan fingerprint density at radius 2 is 2.00 bits per heavy atom. The van der Waals surface area contributed by atoms with E-state index >= 15 is 0 Å². The second-order valence-electron chi connectivity index (χ2n) is 5.16. The summed E-state index contributed by atoms with van der Waals surface area (Å²) in [5.41, 5.74) is 1.66. The summed E-state index contributed by atoms with van der Waals surface area (Å²) in [6.45, 7) is 0.225. The van der Waals surface area contributed by atoms with Crippen LogP contribution in [0, 0.1) is 0 Å². The SMILES string of the molecule is O=C(Nc1ccccc1Cl)c1csc(Nc2ccc3c(c2)OCO3)n1. The maximum absolute atomic E-state index is 12.3. The Morgan fingerprint density at radius 3 is 2.88 bits per heavy atom. The van der Waals surface area contributed by atoms with Crippen LogP contribution in [0.4, 0.5) is 16.5 Å². The van der Waals surface area contributed by atoms with Gasteiger partial charge in [-0.3, -0.25) is 4.79 Å². The zero-order chi connectivity index (χ0) is 17.2. The molecule has 0 saturated carbocycles. The Kier molecular flexibility index (Phi) is 4.17. The highest BCUT2D eigenvalue weighted by Crippen LogP contribution is 2.35. The topological polar surface area (TPSA) is 72.5 Å². The summed E-state index contributed by atoms with van der Waals surface area (Å²) in [4.78, 5) is 16.6. The molecule has 0 fully saturated rings. The number of thiazole rings is 1. The summed E-state index contributed by atoms with van der Waals surface area (Å²) in [7, 11) is 0. The molecule has 2 aromatic carbocycles. The molecule has 3 aromatic rings. The fraction of sp³-hybridized carbons (Fsp3) is 0.0588. The molecule has 1 amide bonds. The lowest BCUT2D eigenvalue weighted by Gasteiger charge is -2.05. The van der Waals surface area contributed by atoms with Crippen molar-refractivity contribution in [3.63, 3.8) is 0 Å². The fourth-order valence-corrected chi connectivity index (χ4v) is 3.18. The van der Waals surface area contributed by atoms with E-state index in [1.807, 2.05) is 18.2 Å². The molecule has 0 atom stereocenters. The van der Waals surface area contributed by atoms with Crippen LogP contribution in [0.15, 0.2) is 47.8 Å². The predicted molar refractivity (Wildman–Crippen MR) is 97.4 cm³/mol. The van der Waals surface area contributed by atoms with Crippen LogP contribution in [-0.2, 0) is 0 Å². The number of rotatable bonds is 4. The predicted octanol–water partition coefficient (Wildman–Crippen LogP) is 4.52. The van der Waals surface area contributed by atoms with Crippen molar-refractivity contribution in [3.05, 3.63) is 58.6 Å². The molecule has 2 heterocycles. The molecule has 0 unspecified atom stereocenters. The van der Waals surface area contributed by atoms with Gasteiger partial charge in [-0.25, -0.2) is 4.98 Å². The normalized spacial score (nSPS) is 12.0. The number of halogens is 1. The molecule has 0 aliphatic carbocycles. The number of aromatic nitrogens is 1. The third-order valence-corrected chi connectivity index (χ3v) is 4.57. The minimum Gasteiger partial charge on any atom is -0.454 e. The summed E-state index contributed by atoms with van der Waals surface area (Å²) >= 11 is 7.38. The van der Waals surface area contributed by atoms with Crippen molar-refractivity contribution in [2.75, 3.05) is 17.4 Å². The smallest absolute Gasteiger partial charge is 0.275 e. The van der Waals surface area contributed by atoms with Gasteiger partial charge in [0.1, 0.15) is 5.69 Å². The first-order valence-corrected chi connectivity index (χ1v) is 8.63. The maximum atomic E-state index is 12.3. The Morgan fingerprint density at radius 1 is 1.16 bits per heavy atom. The van der Waals surface area contributed by atoms with E-state index in [9.17, 15) is 4.79 Å². The van der Waals surface area contributed by atoms with Gasteiger partial charge in [-0.2, -0.15) is 0 Å². The number of nitrogens with zero attached hydrogens (tertiary/aromatic N) is 1. The van der Waals surface area contributed by atoms with Crippen molar-refractivity contribution in [3.8, 4) is 11.5 Å². The van der Waals surface area contributed by atoms with Gasteiger partial charge in [0.2, 0.25) is 6.79 Å². The lowest BCUT2D eigenvalue weighted by atomic mass is 10.3. The van der Waals surface area contributed by atoms with Crippen LogP contribution in [0.2, 0.25) is 5.02 Å². The standard InChI is InChI=1S/C17H12ClN3O3S/c18-11-3-1-2-4-12(11)20-16(22)13-8-25-17(21-13)19-10-5-6-14-15(7-10)24-9-23-14/h1-8H,9H2,(H,19,21)(H,20,22). The molecule has 1 aliphatic heterocycles. The second kappa shape index (κ2) is 6.62. The van der Waals surface area contributed by atoms with Crippen molar-refractivity contribution >= 4 is 45.4 Å². The molecule has 4 rings (SSSR count). The third kappa shape index (κ3) is 3.38. The first kappa shape index (κ1) is 15.7. The lowest BCUT2D eigenvalue weighted by molar-refractivity contribution is 0.102. The summed E-state index contributed by atoms with van der Waals surface area (Å²) in [6.07, 6.45) is 0. The average Bonchev–Trinajstić information content (AvgIpc) is 3.26. The first-order valence-electron chi connectivity index (χ1n) is 7.37. The number of fused-ring (bicyclic) bond motifs is 1. The van der Waals surface area contributed by atoms with E-state index in [-0.39, 0.29) is 12.7 Å². The highest BCUT2D eigenvalue weighted by molar-refractivity contribution is 7.14. The minimum absolute atomic E-state index is 0.225. The van der Waals surface area contributed by atoms with Crippen LogP contribution < -0.4 is 20.1 Å². The van der Waals surface area contributed by atoms with E-state index in [1.54, 1.807) is 29.6 Å². The Bertz CT molecular complexity index is 944. The summed E-state index contributed by atoms with van der Waals surface area (Å²) < 4.78 is 10.6. The quantitative estimate of drug-likeness (QED) is 0.703. The molecule has 0 bridgehead atoms. The summed E-state index contributed by atoms with van der Waals surface area (Å²) in [5.74, 6) is 1.07. The molecule has 0 spiro atoms. The monoisotopic (exact) mass is 373 g/mol. The average molecular weight is 374 g/mol. The van der Waals surface area contributed by atoms with Gasteiger partial charge in [-0.15, -0.1) is 11.3 Å². The van der Waals surface area contributed by atoms with Crippen molar-refractivity contribution in [1.29, 1.82) is 0 Å². The highest BCUT2D eigenvalue weighted by atomic mass is 35.5. The molecule has 126 valence electrons. The van der Waals surface area contributed by atoms with Gasteiger partial charge >= 0.3 is 0 Å². The van der Waals surface area contributed by atoms with Gasteiger partial charge < -0.3 is 20.1 Å².